The first-order valence-corrected chi connectivity index (χ1v) is 17.1. The summed E-state index contributed by atoms with van der Waals surface area (Å²) < 4.78 is 2.30. The van der Waals surface area contributed by atoms with Gasteiger partial charge in [-0.25, -0.2) is 5.53 Å². The largest absolute Gasteiger partial charge is 0.360 e. The fourth-order valence-electron chi connectivity index (χ4n) is 6.16. The lowest BCUT2D eigenvalue weighted by atomic mass is 10.1. The lowest BCUT2D eigenvalue weighted by Gasteiger charge is -2.32. The summed E-state index contributed by atoms with van der Waals surface area (Å²) in [5, 5.41) is 9.68. The summed E-state index contributed by atoms with van der Waals surface area (Å²) in [4.78, 5) is 4.75. The van der Waals surface area contributed by atoms with Gasteiger partial charge in [-0.05, 0) is 72.8 Å². The minimum absolute atomic E-state index is 0.554. The Balaban J connectivity index is 0.000000603. The van der Waals surface area contributed by atoms with Gasteiger partial charge in [0.25, 0.3) is 0 Å². The molecule has 1 aliphatic heterocycles. The topological polar surface area (TPSA) is 56.4 Å². The van der Waals surface area contributed by atoms with Gasteiger partial charge >= 0.3 is 0 Å². The molecule has 0 spiro atoms. The molecule has 0 fully saturated rings. The molecule has 50 heavy (non-hydrogen) atoms. The fourth-order valence-corrected chi connectivity index (χ4v) is 7.22. The zero-order valence-electron chi connectivity index (χ0n) is 27.4. The number of nitrogens with zero attached hydrogens (tertiary/aromatic N) is 3. The van der Waals surface area contributed by atoms with Crippen molar-refractivity contribution in [2.45, 2.75) is 9.79 Å². The van der Waals surface area contributed by atoms with Gasteiger partial charge in [0, 0.05) is 49.4 Å². The van der Waals surface area contributed by atoms with E-state index < -0.39 is 0 Å². The molecule has 5 nitrogen and oxygen atoms in total. The zero-order valence-corrected chi connectivity index (χ0v) is 28.2. The molecule has 0 aliphatic carbocycles. The molecule has 6 aromatic carbocycles. The Bertz CT molecular complexity index is 2270. The summed E-state index contributed by atoms with van der Waals surface area (Å²) in [6.07, 6.45) is 8.86. The van der Waals surface area contributed by atoms with Crippen LogP contribution in [0.1, 0.15) is 5.56 Å². The molecule has 0 radical (unpaired) electrons. The Morgan fingerprint density at radius 2 is 1.10 bits per heavy atom. The molecule has 0 saturated heterocycles. The van der Waals surface area contributed by atoms with Crippen molar-refractivity contribution < 1.29 is 0 Å². The van der Waals surface area contributed by atoms with Crippen molar-refractivity contribution in [3.8, 4) is 5.69 Å². The van der Waals surface area contributed by atoms with E-state index in [1.54, 1.807) is 30.1 Å². The van der Waals surface area contributed by atoms with Crippen molar-refractivity contribution in [2.24, 2.45) is 5.11 Å². The van der Waals surface area contributed by atoms with Gasteiger partial charge in [-0.2, -0.15) is 5.11 Å². The monoisotopic (exact) mass is 665 g/mol. The van der Waals surface area contributed by atoms with Crippen molar-refractivity contribution in [2.75, 3.05) is 10.2 Å². The van der Waals surface area contributed by atoms with Gasteiger partial charge in [-0.15, -0.1) is 0 Å². The third kappa shape index (κ3) is 6.40. The molecule has 0 saturated carbocycles. The smallest absolute Gasteiger partial charge is 0.108 e. The number of nitrogens with one attached hydrogen (secondary N) is 2. The van der Waals surface area contributed by atoms with Gasteiger partial charge in [-0.1, -0.05) is 122 Å². The van der Waals surface area contributed by atoms with Crippen LogP contribution in [-0.4, -0.2) is 4.57 Å². The number of rotatable bonds is 8. The van der Waals surface area contributed by atoms with Crippen LogP contribution in [0.2, 0.25) is 0 Å². The van der Waals surface area contributed by atoms with Crippen molar-refractivity contribution in [1.82, 2.24) is 4.57 Å². The van der Waals surface area contributed by atoms with Crippen LogP contribution in [0.15, 0.2) is 204 Å². The van der Waals surface area contributed by atoms with Crippen LogP contribution in [0.4, 0.5) is 22.7 Å². The second-order valence-corrected chi connectivity index (χ2v) is 12.6. The van der Waals surface area contributed by atoms with Gasteiger partial charge in [0.2, 0.25) is 0 Å². The van der Waals surface area contributed by atoms with E-state index in [1.807, 2.05) is 24.3 Å². The van der Waals surface area contributed by atoms with Gasteiger partial charge < -0.3 is 14.8 Å². The zero-order chi connectivity index (χ0) is 34.3. The molecule has 2 heterocycles. The number of aromatic nitrogens is 1. The van der Waals surface area contributed by atoms with E-state index in [4.69, 9.17) is 5.53 Å². The molecule has 1 aliphatic rings. The minimum atomic E-state index is 0.554. The molecule has 0 unspecified atom stereocenters. The van der Waals surface area contributed by atoms with E-state index in [9.17, 15) is 0 Å². The first-order chi connectivity index (χ1) is 24.7. The lowest BCUT2D eigenvalue weighted by molar-refractivity contribution is 1.15. The van der Waals surface area contributed by atoms with Crippen LogP contribution in [0.25, 0.3) is 33.2 Å². The third-order valence-corrected chi connectivity index (χ3v) is 9.57. The van der Waals surface area contributed by atoms with Crippen LogP contribution < -0.4 is 10.2 Å². The van der Waals surface area contributed by atoms with E-state index in [0.717, 1.165) is 34.0 Å². The molecule has 0 atom stereocenters. The molecule has 6 heteroatoms. The fraction of sp³-hybridized carbons (Fsp3) is 0. The highest BCUT2D eigenvalue weighted by Gasteiger charge is 2.24. The van der Waals surface area contributed by atoms with E-state index >= 15 is 0 Å². The van der Waals surface area contributed by atoms with Crippen molar-refractivity contribution in [3.05, 3.63) is 195 Å². The average molecular weight is 666 g/mol. The third-order valence-electron chi connectivity index (χ3n) is 8.44. The summed E-state index contributed by atoms with van der Waals surface area (Å²) in [6, 6.07) is 50.6. The highest BCUT2D eigenvalue weighted by molar-refractivity contribution is 7.99. The highest BCUT2D eigenvalue weighted by Crippen LogP contribution is 2.51. The van der Waals surface area contributed by atoms with E-state index in [1.165, 1.54) is 31.6 Å². The molecule has 0 bridgehead atoms. The maximum Gasteiger partial charge on any atom is 0.108 e. The van der Waals surface area contributed by atoms with Gasteiger partial charge in [0.05, 0.1) is 22.4 Å². The standard InChI is InChI=1S/C38H27N5S.C6H8/c39-41-32(26-17-21-28(22-18-26)43-35-13-5-7-15-37(35)44-38-16-8-6-14-36(38)43)25-40-27-19-23-29(24-20-27)42-33-11-3-1-9-30(33)31-10-2-4-12-34(31)42;1-3-5-6-4-2/h1-25,39-40H;3-6H,1-2H2/b32-25-,41-39?;6-5-. The first kappa shape index (κ1) is 32.2. The maximum absolute atomic E-state index is 7.89. The molecular weight excluding hydrogens is 631 g/mol. The Morgan fingerprint density at radius 3 is 1.64 bits per heavy atom. The quantitative estimate of drug-likeness (QED) is 0.125. The molecule has 242 valence electrons. The van der Waals surface area contributed by atoms with Gasteiger partial charge in [0.1, 0.15) is 5.70 Å². The van der Waals surface area contributed by atoms with Crippen LogP contribution >= 0.6 is 11.8 Å². The second kappa shape index (κ2) is 14.8. The van der Waals surface area contributed by atoms with Crippen molar-refractivity contribution in [1.29, 1.82) is 5.53 Å². The number of anilines is 4. The van der Waals surface area contributed by atoms with Crippen LogP contribution in [0.3, 0.4) is 0 Å². The number of para-hydroxylation sites is 4. The predicted octanol–water partition coefficient (Wildman–Crippen LogP) is 13.1. The maximum atomic E-state index is 7.89. The van der Waals surface area contributed by atoms with Gasteiger partial charge in [0.15, 0.2) is 0 Å². The molecule has 1 aromatic heterocycles. The SMILES string of the molecule is C=C/C=C\C=C.N=N/C(=C\Nc1ccc(-n2c3ccccc3c3ccccc32)cc1)c1ccc(N2c3ccccc3Sc3ccccc32)cc1. The van der Waals surface area contributed by atoms with E-state index in [2.05, 4.69) is 167 Å². The van der Waals surface area contributed by atoms with Crippen molar-refractivity contribution in [3.63, 3.8) is 0 Å². The second-order valence-electron chi connectivity index (χ2n) is 11.5. The first-order valence-electron chi connectivity index (χ1n) is 16.3. The van der Waals surface area contributed by atoms with Gasteiger partial charge in [-0.3, -0.25) is 0 Å². The number of benzene rings is 6. The number of allylic oxidation sites excluding steroid dienone is 4. The van der Waals surface area contributed by atoms with E-state index in [-0.39, 0.29) is 0 Å². The van der Waals surface area contributed by atoms with Crippen LogP contribution in [0, 0.1) is 5.53 Å². The average Bonchev–Trinajstić information content (AvgIpc) is 3.51. The Kier molecular flexibility index (Phi) is 9.53. The Labute approximate surface area is 296 Å². The lowest BCUT2D eigenvalue weighted by Crippen LogP contribution is -2.14. The Morgan fingerprint density at radius 1 is 0.600 bits per heavy atom. The molecule has 0 amide bonds. The molecule has 7 aromatic rings. The summed E-state index contributed by atoms with van der Waals surface area (Å²) in [5.41, 5.74) is 17.1. The summed E-state index contributed by atoms with van der Waals surface area (Å²) in [6.45, 7) is 6.93. The molecule has 2 N–H and O–H groups in total. The van der Waals surface area contributed by atoms with E-state index in [0.29, 0.717) is 5.70 Å². The summed E-state index contributed by atoms with van der Waals surface area (Å²) >= 11 is 1.80. The minimum Gasteiger partial charge on any atom is -0.360 e. The highest BCUT2D eigenvalue weighted by atomic mass is 32.2. The van der Waals surface area contributed by atoms with Crippen LogP contribution in [-0.2, 0) is 0 Å². The number of hydrogen-bond donors (Lipinski definition) is 2. The molecular formula is C44H35N5S. The molecule has 8 rings (SSSR count). The van der Waals surface area contributed by atoms with Crippen LogP contribution in [0.5, 0.6) is 0 Å². The number of fused-ring (bicyclic) bond motifs is 5. The number of hydrogen-bond acceptors (Lipinski definition) is 5. The summed E-state index contributed by atoms with van der Waals surface area (Å²) in [5.74, 6) is 0. The predicted molar refractivity (Wildman–Crippen MR) is 212 cm³/mol. The summed E-state index contributed by atoms with van der Waals surface area (Å²) in [7, 11) is 0. The van der Waals surface area contributed by atoms with Crippen molar-refractivity contribution >= 4 is 62.0 Å². The Hall–Kier alpha value is -6.37. The normalized spacial score (nSPS) is 12.2.